The van der Waals surface area contributed by atoms with Gasteiger partial charge in [-0.05, 0) is 43.4 Å². The predicted octanol–water partition coefficient (Wildman–Crippen LogP) is 3.11. The van der Waals surface area contributed by atoms with E-state index in [-0.39, 0.29) is 5.79 Å². The van der Waals surface area contributed by atoms with Crippen molar-refractivity contribution in [3.05, 3.63) is 0 Å². The molecule has 4 aliphatic rings. The molecule has 4 rings (SSSR count). The highest BCUT2D eigenvalue weighted by atomic mass is 16.8. The van der Waals surface area contributed by atoms with Crippen molar-refractivity contribution in [3.63, 3.8) is 0 Å². The molecule has 1 aliphatic heterocycles. The van der Waals surface area contributed by atoms with E-state index in [9.17, 15) is 0 Å². The van der Waals surface area contributed by atoms with E-state index < -0.39 is 0 Å². The Bertz CT molecular complexity index is 295. The van der Waals surface area contributed by atoms with Crippen LogP contribution in [0.4, 0.5) is 0 Å². The molecule has 1 heterocycles. The zero-order valence-corrected chi connectivity index (χ0v) is 10.2. The van der Waals surface area contributed by atoms with E-state index in [2.05, 4.69) is 6.92 Å². The highest BCUT2D eigenvalue weighted by molar-refractivity contribution is 5.06. The van der Waals surface area contributed by atoms with Crippen molar-refractivity contribution < 1.29 is 9.47 Å². The van der Waals surface area contributed by atoms with Gasteiger partial charge < -0.3 is 9.47 Å². The van der Waals surface area contributed by atoms with Gasteiger partial charge in [-0.15, -0.1) is 0 Å². The van der Waals surface area contributed by atoms with Crippen molar-refractivity contribution in [2.24, 2.45) is 17.8 Å². The van der Waals surface area contributed by atoms with Crippen molar-refractivity contribution in [2.75, 3.05) is 0 Å². The van der Waals surface area contributed by atoms with Crippen LogP contribution in [-0.4, -0.2) is 18.0 Å². The fourth-order valence-corrected chi connectivity index (χ4v) is 4.74. The van der Waals surface area contributed by atoms with Gasteiger partial charge in [0, 0.05) is 12.8 Å². The molecule has 90 valence electrons. The minimum Gasteiger partial charge on any atom is -0.344 e. The topological polar surface area (TPSA) is 18.5 Å². The lowest BCUT2D eigenvalue weighted by atomic mass is 9.86. The van der Waals surface area contributed by atoms with Gasteiger partial charge in [0.2, 0.25) is 0 Å². The summed E-state index contributed by atoms with van der Waals surface area (Å²) >= 11 is 0. The third kappa shape index (κ3) is 1.20. The van der Waals surface area contributed by atoms with Crippen LogP contribution in [0.5, 0.6) is 0 Å². The Balaban J connectivity index is 1.57. The number of hydrogen-bond acceptors (Lipinski definition) is 2. The molecule has 4 fully saturated rings. The molecule has 0 radical (unpaired) electrons. The second-order valence-corrected chi connectivity index (χ2v) is 6.51. The SMILES string of the molecule is CC1CC2CC1C1OC3(CCCCC3)OC21. The lowest BCUT2D eigenvalue weighted by molar-refractivity contribution is -0.203. The molecule has 3 saturated carbocycles. The summed E-state index contributed by atoms with van der Waals surface area (Å²) in [7, 11) is 0. The molecular formula is C14H22O2. The Morgan fingerprint density at radius 2 is 1.69 bits per heavy atom. The minimum atomic E-state index is -0.144. The molecule has 2 bridgehead atoms. The first-order valence-electron chi connectivity index (χ1n) is 7.13. The third-order valence-corrected chi connectivity index (χ3v) is 5.51. The zero-order chi connectivity index (χ0) is 10.8. The van der Waals surface area contributed by atoms with Gasteiger partial charge in [-0.1, -0.05) is 13.3 Å². The zero-order valence-electron chi connectivity index (χ0n) is 10.2. The van der Waals surface area contributed by atoms with E-state index >= 15 is 0 Å². The van der Waals surface area contributed by atoms with Crippen LogP contribution in [0.15, 0.2) is 0 Å². The number of hydrogen-bond donors (Lipinski definition) is 0. The van der Waals surface area contributed by atoms with E-state index in [0.717, 1.165) is 30.6 Å². The highest BCUT2D eigenvalue weighted by Crippen LogP contribution is 2.57. The van der Waals surface area contributed by atoms with E-state index in [0.29, 0.717) is 12.2 Å². The summed E-state index contributed by atoms with van der Waals surface area (Å²) in [5, 5.41) is 0. The maximum Gasteiger partial charge on any atom is 0.169 e. The standard InChI is InChI=1S/C14H22O2/c1-9-7-10-8-11(9)13-12(10)15-14(16-13)5-3-2-4-6-14/h9-13H,2-8H2,1H3. The summed E-state index contributed by atoms with van der Waals surface area (Å²) in [4.78, 5) is 0. The molecule has 0 N–H and O–H groups in total. The van der Waals surface area contributed by atoms with Crippen LogP contribution in [0.3, 0.4) is 0 Å². The number of ether oxygens (including phenoxy) is 2. The predicted molar refractivity (Wildman–Crippen MR) is 60.9 cm³/mol. The molecule has 0 amide bonds. The molecule has 0 aromatic rings. The minimum absolute atomic E-state index is 0.144. The molecule has 3 aliphatic carbocycles. The second kappa shape index (κ2) is 3.23. The van der Waals surface area contributed by atoms with Gasteiger partial charge in [-0.3, -0.25) is 0 Å². The first kappa shape index (κ1) is 9.90. The van der Waals surface area contributed by atoms with Crippen molar-refractivity contribution in [1.29, 1.82) is 0 Å². The maximum atomic E-state index is 6.40. The average molecular weight is 222 g/mol. The fraction of sp³-hybridized carbons (Fsp3) is 1.00. The van der Waals surface area contributed by atoms with Crippen LogP contribution >= 0.6 is 0 Å². The first-order valence-corrected chi connectivity index (χ1v) is 7.13. The van der Waals surface area contributed by atoms with Gasteiger partial charge in [-0.2, -0.15) is 0 Å². The van der Waals surface area contributed by atoms with Crippen molar-refractivity contribution in [1.82, 2.24) is 0 Å². The Morgan fingerprint density at radius 1 is 0.938 bits per heavy atom. The molecule has 16 heavy (non-hydrogen) atoms. The smallest absolute Gasteiger partial charge is 0.169 e. The third-order valence-electron chi connectivity index (χ3n) is 5.51. The number of rotatable bonds is 0. The lowest BCUT2D eigenvalue weighted by Crippen LogP contribution is -2.34. The highest BCUT2D eigenvalue weighted by Gasteiger charge is 2.61. The summed E-state index contributed by atoms with van der Waals surface area (Å²) in [6.07, 6.45) is 9.91. The van der Waals surface area contributed by atoms with Crippen molar-refractivity contribution in [2.45, 2.75) is 69.9 Å². The molecule has 2 nitrogen and oxygen atoms in total. The molecule has 0 aromatic carbocycles. The summed E-state index contributed by atoms with van der Waals surface area (Å²) in [6, 6.07) is 0. The Kier molecular flexibility index (Phi) is 2.00. The Labute approximate surface area is 97.7 Å². The molecule has 1 saturated heterocycles. The molecule has 1 spiro atoms. The van der Waals surface area contributed by atoms with Gasteiger partial charge in [0.15, 0.2) is 5.79 Å². The molecule has 5 unspecified atom stereocenters. The quantitative estimate of drug-likeness (QED) is 0.627. The average Bonchev–Trinajstić information content (AvgIpc) is 2.88. The normalized spacial score (nSPS) is 53.4. The largest absolute Gasteiger partial charge is 0.344 e. The van der Waals surface area contributed by atoms with Crippen LogP contribution in [0, 0.1) is 17.8 Å². The van der Waals surface area contributed by atoms with Crippen LogP contribution in [0.1, 0.15) is 51.9 Å². The van der Waals surface area contributed by atoms with Crippen LogP contribution < -0.4 is 0 Å². The van der Waals surface area contributed by atoms with Gasteiger partial charge >= 0.3 is 0 Å². The summed E-state index contributed by atoms with van der Waals surface area (Å²) in [6.45, 7) is 2.40. The Morgan fingerprint density at radius 3 is 2.50 bits per heavy atom. The van der Waals surface area contributed by atoms with Gasteiger partial charge in [-0.25, -0.2) is 0 Å². The molecule has 2 heteroatoms. The Hall–Kier alpha value is -0.0800. The summed E-state index contributed by atoms with van der Waals surface area (Å²) in [5.41, 5.74) is 0. The molecule has 5 atom stereocenters. The molecular weight excluding hydrogens is 200 g/mol. The van der Waals surface area contributed by atoms with E-state index in [4.69, 9.17) is 9.47 Å². The van der Waals surface area contributed by atoms with Crippen molar-refractivity contribution in [3.8, 4) is 0 Å². The number of fused-ring (bicyclic) bond motifs is 5. The molecule has 0 aromatic heterocycles. The van der Waals surface area contributed by atoms with E-state index in [1.165, 1.54) is 32.1 Å². The summed E-state index contributed by atoms with van der Waals surface area (Å²) < 4.78 is 12.8. The monoisotopic (exact) mass is 222 g/mol. The van der Waals surface area contributed by atoms with E-state index in [1.807, 2.05) is 0 Å². The lowest BCUT2D eigenvalue weighted by Gasteiger charge is -2.33. The maximum absolute atomic E-state index is 6.40. The van der Waals surface area contributed by atoms with Gasteiger partial charge in [0.05, 0.1) is 12.2 Å². The van der Waals surface area contributed by atoms with Crippen LogP contribution in [0.25, 0.3) is 0 Å². The summed E-state index contributed by atoms with van der Waals surface area (Å²) in [5.74, 6) is 2.34. The van der Waals surface area contributed by atoms with Crippen LogP contribution in [0.2, 0.25) is 0 Å². The second-order valence-electron chi connectivity index (χ2n) is 6.51. The van der Waals surface area contributed by atoms with Crippen LogP contribution in [-0.2, 0) is 9.47 Å². The fourth-order valence-electron chi connectivity index (χ4n) is 4.74. The van der Waals surface area contributed by atoms with E-state index in [1.54, 1.807) is 0 Å². The van der Waals surface area contributed by atoms with Gasteiger partial charge in [0.25, 0.3) is 0 Å². The van der Waals surface area contributed by atoms with Crippen molar-refractivity contribution >= 4 is 0 Å². The first-order chi connectivity index (χ1) is 7.77. The van der Waals surface area contributed by atoms with Gasteiger partial charge in [0.1, 0.15) is 0 Å².